The first-order valence-electron chi connectivity index (χ1n) is 8.15. The molecule has 4 nitrogen and oxygen atoms in total. The molecule has 1 amide bonds. The molecule has 24 heavy (non-hydrogen) atoms. The normalized spacial score (nSPS) is 13.5. The third-order valence-electron chi connectivity index (χ3n) is 4.62. The molecule has 2 aromatic carbocycles. The molecule has 1 aliphatic rings. The minimum absolute atomic E-state index is 0.360. The number of hydrogen-bond acceptors (Lipinski definition) is 3. The highest BCUT2D eigenvalue weighted by Gasteiger charge is 2.13. The number of rotatable bonds is 3. The van der Waals surface area contributed by atoms with Crippen molar-refractivity contribution < 1.29 is 9.21 Å². The average molecular weight is 319 g/mol. The molecule has 0 radical (unpaired) electrons. The number of aryl methyl sites for hydroxylation is 2. The Labute approximate surface area is 139 Å². The topological polar surface area (TPSA) is 59.3 Å². The largest absolute Gasteiger partial charge is 0.422 e. The van der Waals surface area contributed by atoms with Crippen LogP contribution in [-0.4, -0.2) is 6.41 Å². The van der Waals surface area contributed by atoms with Gasteiger partial charge in [-0.05, 0) is 60.6 Å². The summed E-state index contributed by atoms with van der Waals surface area (Å²) in [5, 5.41) is 3.39. The molecule has 0 spiro atoms. The SMILES string of the molecule is O=CNc1ccc2cc(-c3ccc4c(c3)CCCC4)c(=O)oc2c1. The first-order chi connectivity index (χ1) is 11.7. The van der Waals surface area contributed by atoms with Crippen LogP contribution in [0.3, 0.4) is 0 Å². The van der Waals surface area contributed by atoms with Crippen LogP contribution in [-0.2, 0) is 17.6 Å². The Morgan fingerprint density at radius 2 is 1.79 bits per heavy atom. The Bertz CT molecular complexity index is 988. The third kappa shape index (κ3) is 2.60. The van der Waals surface area contributed by atoms with E-state index in [2.05, 4.69) is 17.4 Å². The van der Waals surface area contributed by atoms with Gasteiger partial charge < -0.3 is 9.73 Å². The number of carbonyl (C=O) groups excluding carboxylic acids is 1. The van der Waals surface area contributed by atoms with Crippen molar-refractivity contribution in [2.24, 2.45) is 0 Å². The lowest BCUT2D eigenvalue weighted by atomic mass is 9.89. The van der Waals surface area contributed by atoms with Crippen molar-refractivity contribution in [2.45, 2.75) is 25.7 Å². The Morgan fingerprint density at radius 1 is 0.958 bits per heavy atom. The van der Waals surface area contributed by atoms with E-state index in [0.717, 1.165) is 23.8 Å². The number of amides is 1. The van der Waals surface area contributed by atoms with Crippen LogP contribution in [0.4, 0.5) is 5.69 Å². The lowest BCUT2D eigenvalue weighted by molar-refractivity contribution is -0.105. The molecule has 0 unspecified atom stereocenters. The number of fused-ring (bicyclic) bond motifs is 2. The van der Waals surface area contributed by atoms with E-state index in [-0.39, 0.29) is 5.63 Å². The van der Waals surface area contributed by atoms with E-state index in [1.165, 1.54) is 24.0 Å². The van der Waals surface area contributed by atoms with E-state index >= 15 is 0 Å². The van der Waals surface area contributed by atoms with Crippen molar-refractivity contribution in [1.29, 1.82) is 0 Å². The van der Waals surface area contributed by atoms with Gasteiger partial charge in [-0.15, -0.1) is 0 Å². The highest BCUT2D eigenvalue weighted by atomic mass is 16.4. The van der Waals surface area contributed by atoms with Crippen LogP contribution in [0.1, 0.15) is 24.0 Å². The standard InChI is InChI=1S/C20H17NO3/c22-12-21-17-8-7-16-10-18(20(23)24-19(16)11-17)15-6-5-13-3-1-2-4-14(13)9-15/h5-12H,1-4H2,(H,21,22). The van der Waals surface area contributed by atoms with Gasteiger partial charge in [0.2, 0.25) is 6.41 Å². The van der Waals surface area contributed by atoms with Crippen LogP contribution in [0.5, 0.6) is 0 Å². The van der Waals surface area contributed by atoms with Gasteiger partial charge in [0.1, 0.15) is 5.58 Å². The monoisotopic (exact) mass is 319 g/mol. The predicted molar refractivity (Wildman–Crippen MR) is 94.2 cm³/mol. The molecule has 1 aliphatic carbocycles. The van der Waals surface area contributed by atoms with Crippen molar-refractivity contribution >= 4 is 23.1 Å². The molecule has 0 saturated carbocycles. The molecular formula is C20H17NO3. The van der Waals surface area contributed by atoms with E-state index in [9.17, 15) is 9.59 Å². The van der Waals surface area contributed by atoms with Gasteiger partial charge in [-0.3, -0.25) is 4.79 Å². The van der Waals surface area contributed by atoms with E-state index in [1.54, 1.807) is 12.1 Å². The van der Waals surface area contributed by atoms with Crippen LogP contribution in [0.2, 0.25) is 0 Å². The summed E-state index contributed by atoms with van der Waals surface area (Å²) in [7, 11) is 0. The minimum atomic E-state index is -0.360. The lowest BCUT2D eigenvalue weighted by Crippen LogP contribution is -2.06. The maximum Gasteiger partial charge on any atom is 0.344 e. The number of nitrogens with one attached hydrogen (secondary N) is 1. The van der Waals surface area contributed by atoms with Gasteiger partial charge in [-0.1, -0.05) is 18.2 Å². The van der Waals surface area contributed by atoms with Crippen molar-refractivity contribution in [3.63, 3.8) is 0 Å². The van der Waals surface area contributed by atoms with Crippen molar-refractivity contribution in [3.8, 4) is 11.1 Å². The Kier molecular flexibility index (Phi) is 3.65. The molecule has 1 N–H and O–H groups in total. The number of anilines is 1. The molecule has 0 aliphatic heterocycles. The number of hydrogen-bond donors (Lipinski definition) is 1. The predicted octanol–water partition coefficient (Wildman–Crippen LogP) is 3.91. The van der Waals surface area contributed by atoms with Crippen LogP contribution in [0, 0.1) is 0 Å². The quantitative estimate of drug-likeness (QED) is 0.588. The summed E-state index contributed by atoms with van der Waals surface area (Å²) in [6, 6.07) is 13.4. The summed E-state index contributed by atoms with van der Waals surface area (Å²) in [6.07, 6.45) is 5.23. The second kappa shape index (κ2) is 5.96. The number of benzene rings is 2. The zero-order chi connectivity index (χ0) is 16.5. The molecule has 1 aromatic heterocycles. The van der Waals surface area contributed by atoms with Gasteiger partial charge in [0.05, 0.1) is 5.56 Å². The van der Waals surface area contributed by atoms with Gasteiger partial charge in [-0.2, -0.15) is 0 Å². The number of carbonyl (C=O) groups is 1. The third-order valence-corrected chi connectivity index (χ3v) is 4.62. The van der Waals surface area contributed by atoms with Gasteiger partial charge in [-0.25, -0.2) is 4.79 Å². The molecule has 3 aromatic rings. The molecule has 0 bridgehead atoms. The molecule has 0 saturated heterocycles. The van der Waals surface area contributed by atoms with Gasteiger partial charge >= 0.3 is 5.63 Å². The van der Waals surface area contributed by atoms with Crippen LogP contribution >= 0.6 is 0 Å². The first kappa shape index (κ1) is 14.7. The molecule has 1 heterocycles. The fourth-order valence-electron chi connectivity index (χ4n) is 3.37. The Hall–Kier alpha value is -2.88. The fourth-order valence-corrected chi connectivity index (χ4v) is 3.37. The summed E-state index contributed by atoms with van der Waals surface area (Å²) in [5.41, 5.74) is 4.91. The van der Waals surface area contributed by atoms with Crippen molar-refractivity contribution in [1.82, 2.24) is 0 Å². The van der Waals surface area contributed by atoms with Crippen molar-refractivity contribution in [2.75, 3.05) is 5.32 Å². The van der Waals surface area contributed by atoms with Crippen molar-refractivity contribution in [3.05, 3.63) is 64.0 Å². The highest BCUT2D eigenvalue weighted by molar-refractivity contribution is 5.86. The van der Waals surface area contributed by atoms with E-state index in [4.69, 9.17) is 4.42 Å². The van der Waals surface area contributed by atoms with Gasteiger partial charge in [0.25, 0.3) is 0 Å². The first-order valence-corrected chi connectivity index (χ1v) is 8.15. The van der Waals surface area contributed by atoms with E-state index < -0.39 is 0 Å². The maximum absolute atomic E-state index is 12.4. The van der Waals surface area contributed by atoms with Crippen LogP contribution in [0.25, 0.3) is 22.1 Å². The van der Waals surface area contributed by atoms with Gasteiger partial charge in [0.15, 0.2) is 0 Å². The molecule has 0 fully saturated rings. The fraction of sp³-hybridized carbons (Fsp3) is 0.200. The van der Waals surface area contributed by atoms with Crippen LogP contribution in [0.15, 0.2) is 51.7 Å². The zero-order valence-electron chi connectivity index (χ0n) is 13.2. The lowest BCUT2D eigenvalue weighted by Gasteiger charge is -2.16. The zero-order valence-corrected chi connectivity index (χ0v) is 13.2. The smallest absolute Gasteiger partial charge is 0.344 e. The summed E-state index contributed by atoms with van der Waals surface area (Å²) < 4.78 is 5.47. The Balaban J connectivity index is 1.82. The van der Waals surface area contributed by atoms with E-state index in [0.29, 0.717) is 23.2 Å². The van der Waals surface area contributed by atoms with Gasteiger partial charge in [0, 0.05) is 17.1 Å². The molecule has 4 rings (SSSR count). The van der Waals surface area contributed by atoms with Crippen LogP contribution < -0.4 is 10.9 Å². The Morgan fingerprint density at radius 3 is 2.62 bits per heavy atom. The van der Waals surface area contributed by atoms with E-state index in [1.807, 2.05) is 18.2 Å². The summed E-state index contributed by atoms with van der Waals surface area (Å²) in [4.78, 5) is 22.9. The summed E-state index contributed by atoms with van der Waals surface area (Å²) in [5.74, 6) is 0. The highest BCUT2D eigenvalue weighted by Crippen LogP contribution is 2.28. The molecule has 4 heteroatoms. The summed E-state index contributed by atoms with van der Waals surface area (Å²) >= 11 is 0. The molecule has 120 valence electrons. The summed E-state index contributed by atoms with van der Waals surface area (Å²) in [6.45, 7) is 0. The molecular weight excluding hydrogens is 302 g/mol. The maximum atomic E-state index is 12.4. The second-order valence-corrected chi connectivity index (χ2v) is 6.15. The second-order valence-electron chi connectivity index (χ2n) is 6.15. The average Bonchev–Trinajstić information content (AvgIpc) is 2.61. The molecule has 0 atom stereocenters. The minimum Gasteiger partial charge on any atom is -0.422 e.